The van der Waals surface area contributed by atoms with E-state index in [4.69, 9.17) is 11.5 Å². The summed E-state index contributed by atoms with van der Waals surface area (Å²) >= 11 is 0. The number of benzene rings is 1. The molecule has 1 aromatic rings. The quantitative estimate of drug-likeness (QED) is 0.664. The Morgan fingerprint density at radius 1 is 1.39 bits per heavy atom. The van der Waals surface area contributed by atoms with Crippen molar-refractivity contribution < 1.29 is 0 Å². The van der Waals surface area contributed by atoms with Gasteiger partial charge in [0.1, 0.15) is 0 Å². The zero-order chi connectivity index (χ0) is 12.1. The van der Waals surface area contributed by atoms with E-state index in [0.29, 0.717) is 5.96 Å². The topological polar surface area (TPSA) is 67.6 Å². The van der Waals surface area contributed by atoms with Gasteiger partial charge >= 0.3 is 0 Å². The van der Waals surface area contributed by atoms with E-state index in [9.17, 15) is 0 Å². The number of nitrogens with two attached hydrogens (primary N) is 2. The van der Waals surface area contributed by atoms with E-state index in [1.807, 2.05) is 50.1 Å². The van der Waals surface area contributed by atoms with Crippen LogP contribution in [0, 0.1) is 0 Å². The largest absolute Gasteiger partial charge is 0.369 e. The molecule has 0 aliphatic heterocycles. The van der Waals surface area contributed by atoms with Crippen molar-refractivity contribution in [1.29, 1.82) is 0 Å². The van der Waals surface area contributed by atoms with Crippen LogP contribution in [0.5, 0.6) is 0 Å². The number of rotatable bonds is 3. The van der Waals surface area contributed by atoms with Crippen LogP contribution in [0.3, 0.4) is 0 Å². The van der Waals surface area contributed by atoms with Gasteiger partial charge in [0.15, 0.2) is 5.96 Å². The van der Waals surface area contributed by atoms with Crippen LogP contribution in [0.4, 0.5) is 5.69 Å². The van der Waals surface area contributed by atoms with Gasteiger partial charge in [-0.1, -0.05) is 12.1 Å². The molecule has 0 spiro atoms. The maximum atomic E-state index is 5.83. The molecule has 0 aromatic heterocycles. The Kier molecular flexibility index (Phi) is 9.71. The van der Waals surface area contributed by atoms with Crippen LogP contribution in [0.25, 0.3) is 0 Å². The second kappa shape index (κ2) is 9.03. The molecule has 4 N–H and O–H groups in total. The van der Waals surface area contributed by atoms with Gasteiger partial charge in [0.25, 0.3) is 0 Å². The Bertz CT molecular complexity index is 380. The first-order valence-electron chi connectivity index (χ1n) is 5.45. The Morgan fingerprint density at radius 2 is 2.00 bits per heavy atom. The van der Waals surface area contributed by atoms with Crippen molar-refractivity contribution in [2.45, 2.75) is 19.9 Å². The van der Waals surface area contributed by atoms with Gasteiger partial charge in [-0.25, -0.2) is 4.99 Å². The zero-order valence-corrected chi connectivity index (χ0v) is 12.6. The highest BCUT2D eigenvalue weighted by atomic mass is 35.5. The first-order valence-corrected chi connectivity index (χ1v) is 5.45. The van der Waals surface area contributed by atoms with E-state index in [1.165, 1.54) is 0 Å². The van der Waals surface area contributed by atoms with Crippen LogP contribution in [-0.2, 0) is 0 Å². The standard InChI is InChI=1S/C12H20N4.2ClH/c1-4-16(3)12(14)15-11-7-5-6-10(8-11)9(2)13;;/h5-9H,4,13H2,1-3H3,(H2,14,15);2*1H. The molecule has 1 aromatic carbocycles. The molecule has 104 valence electrons. The van der Waals surface area contributed by atoms with Crippen molar-refractivity contribution in [3.05, 3.63) is 29.8 Å². The molecule has 0 fully saturated rings. The van der Waals surface area contributed by atoms with Crippen molar-refractivity contribution in [2.24, 2.45) is 16.5 Å². The molecule has 1 rings (SSSR count). The fraction of sp³-hybridized carbons (Fsp3) is 0.417. The average molecular weight is 293 g/mol. The molecule has 0 aliphatic rings. The van der Waals surface area contributed by atoms with E-state index in [0.717, 1.165) is 17.8 Å². The van der Waals surface area contributed by atoms with Crippen LogP contribution < -0.4 is 11.5 Å². The second-order valence-electron chi connectivity index (χ2n) is 3.87. The first-order chi connectivity index (χ1) is 7.54. The molecule has 0 bridgehead atoms. The number of halogens is 2. The Hall–Kier alpha value is -0.970. The maximum absolute atomic E-state index is 5.83. The van der Waals surface area contributed by atoms with Crippen molar-refractivity contribution >= 4 is 36.5 Å². The highest BCUT2D eigenvalue weighted by Crippen LogP contribution is 2.18. The lowest BCUT2D eigenvalue weighted by molar-refractivity contribution is 0.529. The van der Waals surface area contributed by atoms with Gasteiger partial charge in [0.05, 0.1) is 5.69 Å². The zero-order valence-electron chi connectivity index (χ0n) is 11.0. The molecule has 0 aliphatic carbocycles. The lowest BCUT2D eigenvalue weighted by Crippen LogP contribution is -2.33. The molecule has 0 radical (unpaired) electrons. The summed E-state index contributed by atoms with van der Waals surface area (Å²) in [4.78, 5) is 6.23. The molecular formula is C12H22Cl2N4. The van der Waals surface area contributed by atoms with Gasteiger partial charge in [-0.15, -0.1) is 24.8 Å². The average Bonchev–Trinajstić information content (AvgIpc) is 2.28. The number of guanidine groups is 1. The lowest BCUT2D eigenvalue weighted by atomic mass is 10.1. The first kappa shape index (κ1) is 19.4. The summed E-state index contributed by atoms with van der Waals surface area (Å²) in [7, 11) is 1.91. The minimum absolute atomic E-state index is 0. The molecule has 4 nitrogen and oxygen atoms in total. The smallest absolute Gasteiger partial charge is 0.196 e. The van der Waals surface area contributed by atoms with Crippen LogP contribution in [0.1, 0.15) is 25.5 Å². The van der Waals surface area contributed by atoms with Crippen LogP contribution in [-0.4, -0.2) is 24.5 Å². The minimum Gasteiger partial charge on any atom is -0.369 e. The summed E-state index contributed by atoms with van der Waals surface area (Å²) in [5.74, 6) is 0.518. The number of nitrogens with zero attached hydrogens (tertiary/aromatic N) is 2. The summed E-state index contributed by atoms with van der Waals surface area (Å²) in [6.07, 6.45) is 0. The van der Waals surface area contributed by atoms with Crippen molar-refractivity contribution in [3.63, 3.8) is 0 Å². The Morgan fingerprint density at radius 3 is 2.50 bits per heavy atom. The van der Waals surface area contributed by atoms with Crippen LogP contribution >= 0.6 is 24.8 Å². The van der Waals surface area contributed by atoms with Gasteiger partial charge in [0.2, 0.25) is 0 Å². The summed E-state index contributed by atoms with van der Waals surface area (Å²) in [6, 6.07) is 7.82. The second-order valence-corrected chi connectivity index (χ2v) is 3.87. The fourth-order valence-corrected chi connectivity index (χ4v) is 1.26. The highest BCUT2D eigenvalue weighted by molar-refractivity contribution is 5.85. The molecule has 1 unspecified atom stereocenters. The van der Waals surface area contributed by atoms with Gasteiger partial charge in [0, 0.05) is 19.6 Å². The predicted molar refractivity (Wildman–Crippen MR) is 83.1 cm³/mol. The Balaban J connectivity index is 0. The van der Waals surface area contributed by atoms with Crippen LogP contribution in [0.2, 0.25) is 0 Å². The number of hydrogen-bond acceptors (Lipinski definition) is 2. The minimum atomic E-state index is 0. The van der Waals surface area contributed by atoms with E-state index in [2.05, 4.69) is 4.99 Å². The van der Waals surface area contributed by atoms with E-state index in [1.54, 1.807) is 0 Å². The molecule has 0 heterocycles. The molecule has 0 saturated heterocycles. The molecule has 1 atom stereocenters. The molecule has 0 amide bonds. The molecule has 0 saturated carbocycles. The number of hydrogen-bond donors (Lipinski definition) is 2. The van der Waals surface area contributed by atoms with Gasteiger partial charge < -0.3 is 16.4 Å². The summed E-state index contributed by atoms with van der Waals surface area (Å²) in [6.45, 7) is 4.81. The molecule has 6 heteroatoms. The van der Waals surface area contributed by atoms with E-state index in [-0.39, 0.29) is 30.9 Å². The van der Waals surface area contributed by atoms with Crippen molar-refractivity contribution in [1.82, 2.24) is 4.90 Å². The SMILES string of the molecule is CCN(C)C(N)=Nc1cccc(C(C)N)c1.Cl.Cl. The van der Waals surface area contributed by atoms with E-state index < -0.39 is 0 Å². The van der Waals surface area contributed by atoms with Gasteiger partial charge in [-0.3, -0.25) is 0 Å². The monoisotopic (exact) mass is 292 g/mol. The third-order valence-electron chi connectivity index (χ3n) is 2.51. The predicted octanol–water partition coefficient (Wildman–Crippen LogP) is 2.45. The summed E-state index contributed by atoms with van der Waals surface area (Å²) in [5.41, 5.74) is 13.5. The highest BCUT2D eigenvalue weighted by Gasteiger charge is 2.02. The molecular weight excluding hydrogens is 271 g/mol. The lowest BCUT2D eigenvalue weighted by Gasteiger charge is -2.15. The van der Waals surface area contributed by atoms with Crippen LogP contribution in [0.15, 0.2) is 29.3 Å². The maximum Gasteiger partial charge on any atom is 0.196 e. The third kappa shape index (κ3) is 5.58. The number of aliphatic imine (C=N–C) groups is 1. The molecule has 18 heavy (non-hydrogen) atoms. The Labute approximate surface area is 121 Å². The summed E-state index contributed by atoms with van der Waals surface area (Å²) in [5, 5.41) is 0. The third-order valence-corrected chi connectivity index (χ3v) is 2.51. The van der Waals surface area contributed by atoms with Crippen molar-refractivity contribution in [3.8, 4) is 0 Å². The fourth-order valence-electron chi connectivity index (χ4n) is 1.26. The van der Waals surface area contributed by atoms with E-state index >= 15 is 0 Å². The normalized spacial score (nSPS) is 12.1. The van der Waals surface area contributed by atoms with Gasteiger partial charge in [-0.2, -0.15) is 0 Å². The van der Waals surface area contributed by atoms with Gasteiger partial charge in [-0.05, 0) is 31.5 Å². The van der Waals surface area contributed by atoms with Crippen molar-refractivity contribution in [2.75, 3.05) is 13.6 Å². The summed E-state index contributed by atoms with van der Waals surface area (Å²) < 4.78 is 0.